The highest BCUT2D eigenvalue weighted by Gasteiger charge is 2.19. The Labute approximate surface area is 134 Å². The Bertz CT molecular complexity index is 895. The minimum absolute atomic E-state index is 0.111. The van der Waals surface area contributed by atoms with Crippen molar-refractivity contribution >= 4 is 28.2 Å². The van der Waals surface area contributed by atoms with Crippen LogP contribution in [0, 0.1) is 0 Å². The van der Waals surface area contributed by atoms with Gasteiger partial charge in [-0.25, -0.2) is 0 Å². The number of hydrogen-bond acceptors (Lipinski definition) is 2. The van der Waals surface area contributed by atoms with Crippen LogP contribution in [-0.4, -0.2) is 10.9 Å². The van der Waals surface area contributed by atoms with E-state index in [4.69, 9.17) is 5.73 Å². The molecule has 0 bridgehead atoms. The van der Waals surface area contributed by atoms with Gasteiger partial charge in [-0.2, -0.15) is 0 Å². The highest BCUT2D eigenvalue weighted by molar-refractivity contribution is 6.12. The average Bonchev–Trinajstić information content (AvgIpc) is 2.93. The monoisotopic (exact) mass is 305 g/mol. The maximum atomic E-state index is 12.7. The van der Waals surface area contributed by atoms with E-state index in [-0.39, 0.29) is 5.91 Å². The molecule has 23 heavy (non-hydrogen) atoms. The van der Waals surface area contributed by atoms with Crippen LogP contribution in [0.25, 0.3) is 10.9 Å². The molecular formula is C19H19N3O. The second-order valence-electron chi connectivity index (χ2n) is 6.10. The molecule has 0 fully saturated rings. The van der Waals surface area contributed by atoms with Gasteiger partial charge in [-0.1, -0.05) is 18.2 Å². The zero-order chi connectivity index (χ0) is 15.8. The molecule has 1 aliphatic carbocycles. The first-order chi connectivity index (χ1) is 11.2. The van der Waals surface area contributed by atoms with Crippen molar-refractivity contribution in [3.63, 3.8) is 0 Å². The fourth-order valence-corrected chi connectivity index (χ4v) is 3.43. The maximum absolute atomic E-state index is 12.7. The molecule has 1 aliphatic rings. The van der Waals surface area contributed by atoms with Gasteiger partial charge in [0.15, 0.2) is 0 Å². The molecule has 1 heterocycles. The number of nitrogens with two attached hydrogens (primary N) is 1. The molecule has 0 radical (unpaired) electrons. The zero-order valence-electron chi connectivity index (χ0n) is 12.9. The number of benzene rings is 2. The highest BCUT2D eigenvalue weighted by Crippen LogP contribution is 2.31. The Balaban J connectivity index is 1.73. The number of carbonyl (C=O) groups excluding carboxylic acids is 1. The number of hydrogen-bond donors (Lipinski definition) is 3. The minimum Gasteiger partial charge on any atom is -0.399 e. The van der Waals surface area contributed by atoms with Crippen molar-refractivity contribution in [1.29, 1.82) is 0 Å². The number of anilines is 2. The number of rotatable bonds is 2. The number of aromatic nitrogens is 1. The summed E-state index contributed by atoms with van der Waals surface area (Å²) in [6.07, 6.45) is 4.60. The van der Waals surface area contributed by atoms with E-state index in [1.54, 1.807) is 12.1 Å². The van der Waals surface area contributed by atoms with Crippen molar-refractivity contribution in [3.05, 3.63) is 59.3 Å². The van der Waals surface area contributed by atoms with E-state index in [0.717, 1.165) is 18.4 Å². The number of carbonyl (C=O) groups is 1. The summed E-state index contributed by atoms with van der Waals surface area (Å²) in [5.74, 6) is -0.111. The Kier molecular flexibility index (Phi) is 3.30. The van der Waals surface area contributed by atoms with Gasteiger partial charge in [0.25, 0.3) is 5.91 Å². The molecule has 0 saturated heterocycles. The van der Waals surface area contributed by atoms with Gasteiger partial charge in [-0.05, 0) is 55.5 Å². The summed E-state index contributed by atoms with van der Waals surface area (Å²) in [5, 5.41) is 4.11. The molecule has 4 N–H and O–H groups in total. The molecule has 2 aromatic carbocycles. The van der Waals surface area contributed by atoms with Gasteiger partial charge < -0.3 is 16.0 Å². The number of nitrogens with one attached hydrogen (secondary N) is 2. The summed E-state index contributed by atoms with van der Waals surface area (Å²) in [7, 11) is 0. The first-order valence-electron chi connectivity index (χ1n) is 8.02. The molecule has 0 saturated carbocycles. The Morgan fingerprint density at radius 1 is 1.09 bits per heavy atom. The van der Waals surface area contributed by atoms with Gasteiger partial charge >= 0.3 is 0 Å². The SMILES string of the molecule is Nc1cccc(NC(=O)c2cccc3c4c([nH]c23)CCCC4)c1. The lowest BCUT2D eigenvalue weighted by molar-refractivity contribution is 0.102. The number of aryl methyl sites for hydroxylation is 2. The smallest absolute Gasteiger partial charge is 0.257 e. The normalized spacial score (nSPS) is 13.7. The molecule has 3 aromatic rings. The van der Waals surface area contributed by atoms with Crippen LogP contribution in [0.5, 0.6) is 0 Å². The molecule has 4 nitrogen and oxygen atoms in total. The Morgan fingerprint density at radius 3 is 2.78 bits per heavy atom. The predicted molar refractivity (Wildman–Crippen MR) is 93.7 cm³/mol. The van der Waals surface area contributed by atoms with E-state index < -0.39 is 0 Å². The lowest BCUT2D eigenvalue weighted by Gasteiger charge is -2.10. The third-order valence-corrected chi connectivity index (χ3v) is 4.52. The molecule has 1 amide bonds. The molecule has 0 atom stereocenters. The summed E-state index contributed by atoms with van der Waals surface area (Å²) in [5.41, 5.74) is 11.4. The average molecular weight is 305 g/mol. The summed E-state index contributed by atoms with van der Waals surface area (Å²) < 4.78 is 0. The van der Waals surface area contributed by atoms with Crippen molar-refractivity contribution < 1.29 is 4.79 Å². The van der Waals surface area contributed by atoms with Crippen LogP contribution in [0.4, 0.5) is 11.4 Å². The first-order valence-corrected chi connectivity index (χ1v) is 8.02. The number of fused-ring (bicyclic) bond motifs is 3. The van der Waals surface area contributed by atoms with E-state index in [1.807, 2.05) is 24.3 Å². The highest BCUT2D eigenvalue weighted by atomic mass is 16.1. The third-order valence-electron chi connectivity index (χ3n) is 4.52. The van der Waals surface area contributed by atoms with E-state index in [9.17, 15) is 4.79 Å². The third kappa shape index (κ3) is 2.46. The van der Waals surface area contributed by atoms with E-state index in [1.165, 1.54) is 29.5 Å². The van der Waals surface area contributed by atoms with Gasteiger partial charge in [0.05, 0.1) is 11.1 Å². The van der Waals surface area contributed by atoms with Crippen molar-refractivity contribution in [3.8, 4) is 0 Å². The van der Waals surface area contributed by atoms with Crippen molar-refractivity contribution in [2.45, 2.75) is 25.7 Å². The Hall–Kier alpha value is -2.75. The quantitative estimate of drug-likeness (QED) is 0.629. The van der Waals surface area contributed by atoms with Crippen LogP contribution in [0.2, 0.25) is 0 Å². The topological polar surface area (TPSA) is 70.9 Å². The molecule has 116 valence electrons. The number of para-hydroxylation sites is 1. The number of H-pyrrole nitrogens is 1. The molecule has 4 rings (SSSR count). The molecule has 0 spiro atoms. The van der Waals surface area contributed by atoms with Gasteiger partial charge in [-0.3, -0.25) is 4.79 Å². The largest absolute Gasteiger partial charge is 0.399 e. The first kappa shape index (κ1) is 13.9. The van der Waals surface area contributed by atoms with E-state index in [0.29, 0.717) is 16.9 Å². The molecule has 1 aromatic heterocycles. The standard InChI is InChI=1S/C19H19N3O/c20-12-5-3-6-13(11-12)21-19(23)16-9-4-8-15-14-7-1-2-10-17(14)22-18(15)16/h3-6,8-9,11,22H,1-2,7,10,20H2,(H,21,23). The van der Waals surface area contributed by atoms with Gasteiger partial charge in [0, 0.05) is 22.5 Å². The van der Waals surface area contributed by atoms with Crippen LogP contribution in [0.1, 0.15) is 34.5 Å². The fraction of sp³-hybridized carbons (Fsp3) is 0.211. The summed E-state index contributed by atoms with van der Waals surface area (Å²) in [6.45, 7) is 0. The Morgan fingerprint density at radius 2 is 1.91 bits per heavy atom. The lowest BCUT2D eigenvalue weighted by atomic mass is 9.95. The van der Waals surface area contributed by atoms with Gasteiger partial charge in [0.1, 0.15) is 0 Å². The lowest BCUT2D eigenvalue weighted by Crippen LogP contribution is -2.12. The van der Waals surface area contributed by atoms with Crippen LogP contribution in [-0.2, 0) is 12.8 Å². The number of amides is 1. The predicted octanol–water partition coefficient (Wildman–Crippen LogP) is 3.88. The maximum Gasteiger partial charge on any atom is 0.257 e. The minimum atomic E-state index is -0.111. The second-order valence-corrected chi connectivity index (χ2v) is 6.10. The number of nitrogen functional groups attached to an aromatic ring is 1. The van der Waals surface area contributed by atoms with Gasteiger partial charge in [-0.15, -0.1) is 0 Å². The molecule has 0 unspecified atom stereocenters. The van der Waals surface area contributed by atoms with Crippen LogP contribution >= 0.6 is 0 Å². The van der Waals surface area contributed by atoms with E-state index >= 15 is 0 Å². The van der Waals surface area contributed by atoms with Crippen molar-refractivity contribution in [2.75, 3.05) is 11.1 Å². The zero-order valence-corrected chi connectivity index (χ0v) is 12.9. The second kappa shape index (κ2) is 5.47. The van der Waals surface area contributed by atoms with Crippen molar-refractivity contribution in [2.24, 2.45) is 0 Å². The summed E-state index contributed by atoms with van der Waals surface area (Å²) in [6, 6.07) is 13.2. The fourth-order valence-electron chi connectivity index (χ4n) is 3.43. The van der Waals surface area contributed by atoms with E-state index in [2.05, 4.69) is 16.4 Å². The molecular weight excluding hydrogens is 286 g/mol. The molecule has 4 heteroatoms. The van der Waals surface area contributed by atoms with Crippen LogP contribution in [0.3, 0.4) is 0 Å². The summed E-state index contributed by atoms with van der Waals surface area (Å²) in [4.78, 5) is 16.2. The summed E-state index contributed by atoms with van der Waals surface area (Å²) >= 11 is 0. The van der Waals surface area contributed by atoms with Crippen LogP contribution < -0.4 is 11.1 Å². The van der Waals surface area contributed by atoms with Crippen molar-refractivity contribution in [1.82, 2.24) is 4.98 Å². The van der Waals surface area contributed by atoms with Gasteiger partial charge in [0.2, 0.25) is 0 Å². The molecule has 0 aliphatic heterocycles. The van der Waals surface area contributed by atoms with Crippen LogP contribution in [0.15, 0.2) is 42.5 Å². The number of aromatic amines is 1.